The molecule has 2 unspecified atom stereocenters. The number of rotatable bonds is 4. The molecule has 0 saturated heterocycles. The third kappa shape index (κ3) is 3.10. The summed E-state index contributed by atoms with van der Waals surface area (Å²) in [6.07, 6.45) is 0. The van der Waals surface area contributed by atoms with Crippen molar-refractivity contribution in [2.24, 2.45) is 10.2 Å². The summed E-state index contributed by atoms with van der Waals surface area (Å²) in [4.78, 5) is 0. The van der Waals surface area contributed by atoms with Crippen molar-refractivity contribution in [2.75, 3.05) is 0 Å². The maximum Gasteiger partial charge on any atom is 0.189 e. The van der Waals surface area contributed by atoms with Crippen LogP contribution in [0.4, 0.5) is 0 Å². The van der Waals surface area contributed by atoms with Gasteiger partial charge in [-0.2, -0.15) is 15.5 Å². The Hall–Kier alpha value is -2.47. The molecule has 0 N–H and O–H groups in total. The van der Waals surface area contributed by atoms with Crippen molar-refractivity contribution < 1.29 is 0 Å². The van der Waals surface area contributed by atoms with Crippen molar-refractivity contribution in [3.8, 4) is 6.07 Å². The van der Waals surface area contributed by atoms with Crippen LogP contribution in [0.1, 0.15) is 31.0 Å². The van der Waals surface area contributed by atoms with E-state index in [1.165, 1.54) is 0 Å². The minimum atomic E-state index is -0.940. The standard InChI is InChI=1S/C17H17N3/c1-14(15-9-5-3-6-10-15)19-20-17(2,13-18)16-11-7-4-8-12-16/h3-12,14H,1-2H3/b20-19+. The van der Waals surface area contributed by atoms with E-state index < -0.39 is 5.54 Å². The lowest BCUT2D eigenvalue weighted by molar-refractivity contribution is 0.566. The van der Waals surface area contributed by atoms with Crippen LogP contribution in [0, 0.1) is 11.3 Å². The van der Waals surface area contributed by atoms with Crippen LogP contribution in [0.25, 0.3) is 0 Å². The van der Waals surface area contributed by atoms with E-state index in [1.54, 1.807) is 6.92 Å². The monoisotopic (exact) mass is 263 g/mol. The van der Waals surface area contributed by atoms with Gasteiger partial charge < -0.3 is 0 Å². The summed E-state index contributed by atoms with van der Waals surface area (Å²) < 4.78 is 0. The predicted molar refractivity (Wildman–Crippen MR) is 79.1 cm³/mol. The number of hydrogen-bond acceptors (Lipinski definition) is 3. The fourth-order valence-corrected chi connectivity index (χ4v) is 1.91. The zero-order valence-electron chi connectivity index (χ0n) is 11.7. The Morgan fingerprint density at radius 3 is 2.10 bits per heavy atom. The molecule has 3 heteroatoms. The van der Waals surface area contributed by atoms with Gasteiger partial charge >= 0.3 is 0 Å². The normalized spacial score (nSPS) is 15.4. The van der Waals surface area contributed by atoms with Gasteiger partial charge in [-0.05, 0) is 25.0 Å². The van der Waals surface area contributed by atoms with Gasteiger partial charge in [0.2, 0.25) is 0 Å². The highest BCUT2D eigenvalue weighted by atomic mass is 15.2. The second-order valence-electron chi connectivity index (χ2n) is 4.85. The number of azo groups is 1. The van der Waals surface area contributed by atoms with Crippen molar-refractivity contribution in [2.45, 2.75) is 25.4 Å². The molecule has 0 fully saturated rings. The number of nitriles is 1. The van der Waals surface area contributed by atoms with Gasteiger partial charge in [0.15, 0.2) is 5.54 Å². The van der Waals surface area contributed by atoms with Gasteiger partial charge in [-0.15, -0.1) is 0 Å². The first-order valence-corrected chi connectivity index (χ1v) is 6.59. The molecule has 0 aliphatic rings. The van der Waals surface area contributed by atoms with Gasteiger partial charge in [-0.25, -0.2) is 0 Å². The number of benzene rings is 2. The third-order valence-corrected chi connectivity index (χ3v) is 3.27. The molecule has 0 aliphatic carbocycles. The van der Waals surface area contributed by atoms with E-state index in [0.717, 1.165) is 11.1 Å². The second kappa shape index (κ2) is 6.12. The van der Waals surface area contributed by atoms with Crippen LogP contribution >= 0.6 is 0 Å². The van der Waals surface area contributed by atoms with E-state index in [-0.39, 0.29) is 6.04 Å². The molecule has 0 spiro atoms. The first-order valence-electron chi connectivity index (χ1n) is 6.59. The van der Waals surface area contributed by atoms with Crippen LogP contribution in [0.3, 0.4) is 0 Å². The van der Waals surface area contributed by atoms with E-state index in [0.29, 0.717) is 0 Å². The lowest BCUT2D eigenvalue weighted by Crippen LogP contribution is -2.15. The van der Waals surface area contributed by atoms with Gasteiger partial charge in [0.25, 0.3) is 0 Å². The number of nitrogens with zero attached hydrogens (tertiary/aromatic N) is 3. The summed E-state index contributed by atoms with van der Waals surface area (Å²) in [5, 5.41) is 18.0. The largest absolute Gasteiger partial charge is 0.195 e. The van der Waals surface area contributed by atoms with Gasteiger partial charge in [0.05, 0.1) is 12.1 Å². The Bertz CT molecular complexity index is 614. The van der Waals surface area contributed by atoms with Crippen LogP contribution < -0.4 is 0 Å². The van der Waals surface area contributed by atoms with E-state index in [9.17, 15) is 5.26 Å². The molecule has 2 aromatic carbocycles. The predicted octanol–water partition coefficient (Wildman–Crippen LogP) is 4.64. The van der Waals surface area contributed by atoms with Crippen LogP contribution in [-0.2, 0) is 5.54 Å². The van der Waals surface area contributed by atoms with Crippen LogP contribution in [0.2, 0.25) is 0 Å². The summed E-state index contributed by atoms with van der Waals surface area (Å²) in [5.41, 5.74) is 1.00. The minimum Gasteiger partial charge on any atom is -0.195 e. The molecule has 0 saturated carbocycles. The Morgan fingerprint density at radius 1 is 1.00 bits per heavy atom. The molecule has 3 nitrogen and oxygen atoms in total. The molecule has 0 bridgehead atoms. The zero-order chi connectivity index (χ0) is 14.4. The molecule has 0 aliphatic heterocycles. The van der Waals surface area contributed by atoms with E-state index in [4.69, 9.17) is 0 Å². The summed E-state index contributed by atoms with van der Waals surface area (Å²) in [7, 11) is 0. The van der Waals surface area contributed by atoms with Crippen molar-refractivity contribution in [1.29, 1.82) is 5.26 Å². The first-order chi connectivity index (χ1) is 9.65. The Balaban J connectivity index is 2.23. The molecule has 100 valence electrons. The molecule has 20 heavy (non-hydrogen) atoms. The smallest absolute Gasteiger partial charge is 0.189 e. The van der Waals surface area contributed by atoms with Gasteiger partial charge in [-0.1, -0.05) is 60.7 Å². The highest BCUT2D eigenvalue weighted by Gasteiger charge is 2.26. The summed E-state index contributed by atoms with van der Waals surface area (Å²) in [6, 6.07) is 21.6. The average Bonchev–Trinajstić information content (AvgIpc) is 2.54. The van der Waals surface area contributed by atoms with Crippen molar-refractivity contribution >= 4 is 0 Å². The molecule has 0 radical (unpaired) electrons. The zero-order valence-corrected chi connectivity index (χ0v) is 11.7. The molecular formula is C17H17N3. The van der Waals surface area contributed by atoms with Crippen molar-refractivity contribution in [3.63, 3.8) is 0 Å². The molecule has 0 heterocycles. The fourth-order valence-electron chi connectivity index (χ4n) is 1.91. The molecule has 2 rings (SSSR count). The minimum absolute atomic E-state index is 0.0624. The lowest BCUT2D eigenvalue weighted by atomic mass is 9.95. The van der Waals surface area contributed by atoms with E-state index in [2.05, 4.69) is 16.3 Å². The molecule has 0 amide bonds. The molecular weight excluding hydrogens is 246 g/mol. The van der Waals surface area contributed by atoms with Crippen molar-refractivity contribution in [3.05, 3.63) is 71.8 Å². The second-order valence-corrected chi connectivity index (χ2v) is 4.85. The quantitative estimate of drug-likeness (QED) is 0.741. The van der Waals surface area contributed by atoms with Crippen LogP contribution in [-0.4, -0.2) is 0 Å². The van der Waals surface area contributed by atoms with Gasteiger partial charge in [0, 0.05) is 0 Å². The first kappa shape index (κ1) is 14.0. The summed E-state index contributed by atoms with van der Waals surface area (Å²) >= 11 is 0. The highest BCUT2D eigenvalue weighted by molar-refractivity contribution is 5.30. The Labute approximate surface area is 119 Å². The topological polar surface area (TPSA) is 48.5 Å². The molecule has 2 aromatic rings. The third-order valence-electron chi connectivity index (χ3n) is 3.27. The van der Waals surface area contributed by atoms with Gasteiger partial charge in [0.1, 0.15) is 0 Å². The van der Waals surface area contributed by atoms with Crippen LogP contribution in [0.5, 0.6) is 0 Å². The van der Waals surface area contributed by atoms with E-state index >= 15 is 0 Å². The van der Waals surface area contributed by atoms with Crippen molar-refractivity contribution in [1.82, 2.24) is 0 Å². The lowest BCUT2D eigenvalue weighted by Gasteiger charge is -2.16. The molecule has 0 aromatic heterocycles. The highest BCUT2D eigenvalue weighted by Crippen LogP contribution is 2.27. The molecule has 2 atom stereocenters. The van der Waals surface area contributed by atoms with Gasteiger partial charge in [-0.3, -0.25) is 0 Å². The summed E-state index contributed by atoms with van der Waals surface area (Å²) in [5.74, 6) is 0. The van der Waals surface area contributed by atoms with Crippen LogP contribution in [0.15, 0.2) is 70.9 Å². The Kier molecular flexibility index (Phi) is 4.27. The fraction of sp³-hybridized carbons (Fsp3) is 0.235. The average molecular weight is 263 g/mol. The maximum atomic E-state index is 9.42. The van der Waals surface area contributed by atoms with E-state index in [1.807, 2.05) is 67.6 Å². The number of hydrogen-bond donors (Lipinski definition) is 0. The maximum absolute atomic E-state index is 9.42. The Morgan fingerprint density at radius 2 is 1.55 bits per heavy atom. The SMILES string of the molecule is CC(/N=N/C(C)(C#N)c1ccccc1)c1ccccc1. The summed E-state index contributed by atoms with van der Waals surface area (Å²) in [6.45, 7) is 3.76.